The van der Waals surface area contributed by atoms with Crippen LogP contribution in [0.2, 0.25) is 0 Å². The first-order valence-electron chi connectivity index (χ1n) is 10.1. The van der Waals surface area contributed by atoms with Gasteiger partial charge in [0.05, 0.1) is 12.5 Å². The number of nitrogens with zero attached hydrogens (tertiary/aromatic N) is 2. The Kier molecular flexibility index (Phi) is 5.76. The van der Waals surface area contributed by atoms with Gasteiger partial charge in [0.25, 0.3) is 10.0 Å². The number of benzene rings is 2. The van der Waals surface area contributed by atoms with E-state index < -0.39 is 10.0 Å². The normalized spacial score (nSPS) is 19.7. The number of amidine groups is 1. The van der Waals surface area contributed by atoms with Crippen LogP contribution in [0.5, 0.6) is 5.75 Å². The first kappa shape index (κ1) is 20.4. The van der Waals surface area contributed by atoms with Crippen molar-refractivity contribution in [1.29, 1.82) is 0 Å². The zero-order valence-corrected chi connectivity index (χ0v) is 17.7. The second-order valence-electron chi connectivity index (χ2n) is 7.62. The summed E-state index contributed by atoms with van der Waals surface area (Å²) in [6, 6.07) is 14.6. The first-order valence-corrected chi connectivity index (χ1v) is 11.5. The highest BCUT2D eigenvalue weighted by atomic mass is 32.2. The van der Waals surface area contributed by atoms with Crippen LogP contribution in [-0.4, -0.2) is 51.3 Å². The van der Waals surface area contributed by atoms with Crippen LogP contribution in [0.1, 0.15) is 24.0 Å². The van der Waals surface area contributed by atoms with Gasteiger partial charge in [0.1, 0.15) is 17.3 Å². The van der Waals surface area contributed by atoms with Crippen molar-refractivity contribution < 1.29 is 17.9 Å². The second-order valence-corrected chi connectivity index (χ2v) is 9.20. The molecule has 4 rings (SSSR count). The average Bonchev–Trinajstić information content (AvgIpc) is 3.04. The van der Waals surface area contributed by atoms with Crippen LogP contribution in [0, 0.1) is 12.8 Å². The molecular formula is C22H25N3O4S. The van der Waals surface area contributed by atoms with E-state index in [1.807, 2.05) is 36.1 Å². The van der Waals surface area contributed by atoms with Crippen LogP contribution < -0.4 is 10.1 Å². The molecule has 1 fully saturated rings. The van der Waals surface area contributed by atoms with E-state index in [9.17, 15) is 13.2 Å². The number of hydrogen-bond donors (Lipinski definition) is 1. The summed E-state index contributed by atoms with van der Waals surface area (Å²) in [4.78, 5) is 14.8. The molecule has 7 nitrogen and oxygen atoms in total. The Labute approximate surface area is 176 Å². The smallest absolute Gasteiger partial charge is 0.285 e. The van der Waals surface area contributed by atoms with Gasteiger partial charge in [-0.15, -0.1) is 4.40 Å². The topological polar surface area (TPSA) is 88.1 Å². The molecule has 2 aromatic carbocycles. The molecule has 0 aromatic heterocycles. The molecule has 0 spiro atoms. The molecule has 1 amide bonds. The lowest BCUT2D eigenvalue weighted by Gasteiger charge is -2.33. The summed E-state index contributed by atoms with van der Waals surface area (Å²) in [6.45, 7) is 3.96. The van der Waals surface area contributed by atoms with Crippen LogP contribution in [0.15, 0.2) is 57.8 Å². The van der Waals surface area contributed by atoms with Gasteiger partial charge in [-0.2, -0.15) is 8.42 Å². The van der Waals surface area contributed by atoms with E-state index in [2.05, 4.69) is 9.71 Å². The van der Waals surface area contributed by atoms with Gasteiger partial charge in [-0.25, -0.2) is 0 Å². The highest BCUT2D eigenvalue weighted by Crippen LogP contribution is 2.29. The van der Waals surface area contributed by atoms with E-state index in [4.69, 9.17) is 4.74 Å². The Balaban J connectivity index is 1.33. The van der Waals surface area contributed by atoms with E-state index in [-0.39, 0.29) is 16.7 Å². The minimum Gasteiger partial charge on any atom is -0.492 e. The van der Waals surface area contributed by atoms with Crippen LogP contribution in [0.4, 0.5) is 0 Å². The lowest BCUT2D eigenvalue weighted by atomic mass is 9.96. The number of ether oxygens (including phenoxy) is 1. The number of sulfonamides is 1. The molecule has 8 heteroatoms. The number of carbonyl (C=O) groups excluding carboxylic acids is 1. The molecule has 1 N–H and O–H groups in total. The number of piperidine rings is 1. The van der Waals surface area contributed by atoms with Crippen LogP contribution in [0.3, 0.4) is 0 Å². The highest BCUT2D eigenvalue weighted by Gasteiger charge is 2.35. The highest BCUT2D eigenvalue weighted by molar-refractivity contribution is 7.90. The van der Waals surface area contributed by atoms with Crippen molar-refractivity contribution in [3.8, 4) is 5.75 Å². The van der Waals surface area contributed by atoms with Crippen molar-refractivity contribution in [2.75, 3.05) is 26.2 Å². The molecule has 0 radical (unpaired) electrons. The molecular weight excluding hydrogens is 402 g/mol. The fourth-order valence-corrected chi connectivity index (χ4v) is 5.05. The second kappa shape index (κ2) is 8.47. The first-order chi connectivity index (χ1) is 14.4. The minimum atomic E-state index is -3.66. The number of likely N-dealkylation sites (tertiary alicyclic amines) is 1. The number of hydrogen-bond acceptors (Lipinski definition) is 5. The fraction of sp³-hybridized carbons (Fsp3) is 0.364. The average molecular weight is 428 g/mol. The summed E-state index contributed by atoms with van der Waals surface area (Å²) in [7, 11) is -3.66. The maximum Gasteiger partial charge on any atom is 0.285 e. The molecule has 1 atom stereocenters. The Morgan fingerprint density at radius 3 is 2.77 bits per heavy atom. The van der Waals surface area contributed by atoms with E-state index >= 15 is 0 Å². The summed E-state index contributed by atoms with van der Waals surface area (Å²) in [5, 5.41) is 2.93. The van der Waals surface area contributed by atoms with Gasteiger partial charge in [0.2, 0.25) is 5.91 Å². The third-order valence-corrected chi connectivity index (χ3v) is 6.72. The molecule has 30 heavy (non-hydrogen) atoms. The summed E-state index contributed by atoms with van der Waals surface area (Å²) >= 11 is 0. The van der Waals surface area contributed by atoms with E-state index in [0.717, 1.165) is 18.6 Å². The van der Waals surface area contributed by atoms with Crippen LogP contribution >= 0.6 is 0 Å². The van der Waals surface area contributed by atoms with Crippen molar-refractivity contribution >= 4 is 21.8 Å². The van der Waals surface area contributed by atoms with Crippen molar-refractivity contribution in [2.45, 2.75) is 24.7 Å². The Bertz CT molecular complexity index is 1060. The summed E-state index contributed by atoms with van der Waals surface area (Å²) < 4.78 is 34.3. The number of amides is 1. The molecule has 0 bridgehead atoms. The van der Waals surface area contributed by atoms with Gasteiger partial charge >= 0.3 is 0 Å². The third kappa shape index (κ3) is 4.33. The maximum atomic E-state index is 12.6. The maximum absolute atomic E-state index is 12.6. The molecule has 0 saturated carbocycles. The Hall–Kier alpha value is -2.87. The lowest BCUT2D eigenvalue weighted by molar-refractivity contribution is -0.126. The van der Waals surface area contributed by atoms with E-state index in [0.29, 0.717) is 37.6 Å². The monoisotopic (exact) mass is 427 g/mol. The van der Waals surface area contributed by atoms with E-state index in [1.54, 1.807) is 24.3 Å². The van der Waals surface area contributed by atoms with Crippen LogP contribution in [-0.2, 0) is 14.8 Å². The number of aryl methyl sites for hydroxylation is 1. The van der Waals surface area contributed by atoms with Crippen molar-refractivity contribution in [3.05, 3.63) is 59.7 Å². The Morgan fingerprint density at radius 1 is 1.20 bits per heavy atom. The van der Waals surface area contributed by atoms with Gasteiger partial charge in [0.15, 0.2) is 5.84 Å². The quantitative estimate of drug-likeness (QED) is 0.740. The van der Waals surface area contributed by atoms with Crippen molar-refractivity contribution in [1.82, 2.24) is 10.2 Å². The summed E-state index contributed by atoms with van der Waals surface area (Å²) in [6.07, 6.45) is 1.57. The molecule has 158 valence electrons. The van der Waals surface area contributed by atoms with Gasteiger partial charge < -0.3 is 15.0 Å². The summed E-state index contributed by atoms with van der Waals surface area (Å²) in [5.41, 5.74) is 1.78. The molecule has 0 aliphatic carbocycles. The molecule has 2 heterocycles. The minimum absolute atomic E-state index is 0.0399. The third-order valence-electron chi connectivity index (χ3n) is 5.40. The Morgan fingerprint density at radius 2 is 1.97 bits per heavy atom. The number of carbonyl (C=O) groups is 1. The molecule has 2 aromatic rings. The molecule has 2 aliphatic heterocycles. The van der Waals surface area contributed by atoms with Gasteiger partial charge in [0, 0.05) is 18.7 Å². The summed E-state index contributed by atoms with van der Waals surface area (Å²) in [5.74, 6) is 0.974. The number of nitrogens with one attached hydrogen (secondary N) is 1. The fourth-order valence-electron chi connectivity index (χ4n) is 3.82. The number of fused-ring (bicyclic) bond motifs is 1. The van der Waals surface area contributed by atoms with Gasteiger partial charge in [-0.05, 0) is 44.0 Å². The predicted octanol–water partition coefficient (Wildman–Crippen LogP) is 2.35. The van der Waals surface area contributed by atoms with Gasteiger partial charge in [-0.1, -0.05) is 29.8 Å². The molecule has 2 aliphatic rings. The standard InChI is InChI=1S/C22H25N3O4S/c1-16-8-10-18(11-9-16)29-14-12-23-22(26)17-5-4-13-25(15-17)21-19-6-2-3-7-20(19)30(27,28)24-21/h2-3,6-11,17H,4-5,12-15H2,1H3,(H,23,26). The number of rotatable bonds is 5. The molecule has 1 saturated heterocycles. The predicted molar refractivity (Wildman–Crippen MR) is 114 cm³/mol. The van der Waals surface area contributed by atoms with Crippen molar-refractivity contribution in [3.63, 3.8) is 0 Å². The largest absolute Gasteiger partial charge is 0.492 e. The lowest BCUT2D eigenvalue weighted by Crippen LogP contribution is -2.46. The van der Waals surface area contributed by atoms with Crippen molar-refractivity contribution in [2.24, 2.45) is 10.3 Å². The van der Waals surface area contributed by atoms with E-state index in [1.165, 1.54) is 5.56 Å². The molecule has 1 unspecified atom stereocenters. The SMILES string of the molecule is Cc1ccc(OCCNC(=O)C2CCCN(C3=NS(=O)(=O)c4ccccc43)C2)cc1. The van der Waals surface area contributed by atoms with Crippen LogP contribution in [0.25, 0.3) is 0 Å². The van der Waals surface area contributed by atoms with Gasteiger partial charge in [-0.3, -0.25) is 4.79 Å². The zero-order chi connectivity index (χ0) is 21.1. The zero-order valence-electron chi connectivity index (χ0n) is 16.9.